The molecule has 1 aromatic carbocycles. The molecule has 18 heavy (non-hydrogen) atoms. The van der Waals surface area contributed by atoms with E-state index in [4.69, 9.17) is 4.74 Å². The first-order chi connectivity index (χ1) is 8.67. The Balaban J connectivity index is 2.37. The van der Waals surface area contributed by atoms with E-state index in [1.807, 2.05) is 31.2 Å². The molecule has 0 aliphatic carbocycles. The summed E-state index contributed by atoms with van der Waals surface area (Å²) in [6, 6.07) is 7.40. The van der Waals surface area contributed by atoms with E-state index in [1.165, 1.54) is 0 Å². The van der Waals surface area contributed by atoms with Crippen molar-refractivity contribution in [3.05, 3.63) is 29.8 Å². The van der Waals surface area contributed by atoms with Gasteiger partial charge in [-0.1, -0.05) is 6.92 Å². The van der Waals surface area contributed by atoms with Crippen molar-refractivity contribution in [1.82, 2.24) is 0 Å². The lowest BCUT2D eigenvalue weighted by atomic mass is 10.1. The molecular formula is C14H21NO3. The Bertz CT molecular complexity index is 362. The van der Waals surface area contributed by atoms with Crippen LogP contribution in [0.2, 0.25) is 0 Å². The van der Waals surface area contributed by atoms with Crippen LogP contribution < -0.4 is 5.32 Å². The molecular weight excluding hydrogens is 230 g/mol. The van der Waals surface area contributed by atoms with Crippen LogP contribution in [0.5, 0.6) is 0 Å². The maximum absolute atomic E-state index is 11.4. The number of hydrogen-bond acceptors (Lipinski definition) is 4. The van der Waals surface area contributed by atoms with Gasteiger partial charge in [0.1, 0.15) is 0 Å². The molecule has 1 aromatic rings. The largest absolute Gasteiger partial charge is 0.391 e. The Morgan fingerprint density at radius 1 is 1.39 bits per heavy atom. The number of hydrogen-bond donors (Lipinski definition) is 2. The number of rotatable bonds is 8. The highest BCUT2D eigenvalue weighted by Crippen LogP contribution is 2.11. The van der Waals surface area contributed by atoms with Gasteiger partial charge in [-0.15, -0.1) is 0 Å². The van der Waals surface area contributed by atoms with Crippen LogP contribution in [0, 0.1) is 0 Å². The molecule has 1 unspecified atom stereocenters. The molecule has 0 fully saturated rings. The number of methoxy groups -OCH3 is 1. The number of carbonyl (C=O) groups is 1. The number of Topliss-reactive ketones (excluding diaryl/α,β-unsaturated/α-hetero) is 1. The Morgan fingerprint density at radius 3 is 2.61 bits per heavy atom. The van der Waals surface area contributed by atoms with Gasteiger partial charge in [0.25, 0.3) is 0 Å². The molecule has 0 bridgehead atoms. The fourth-order valence-electron chi connectivity index (χ4n) is 1.64. The summed E-state index contributed by atoms with van der Waals surface area (Å²) in [4.78, 5) is 11.4. The third kappa shape index (κ3) is 4.85. The van der Waals surface area contributed by atoms with Gasteiger partial charge in [-0.05, 0) is 30.7 Å². The van der Waals surface area contributed by atoms with Crippen molar-refractivity contribution in [2.75, 3.05) is 25.6 Å². The Labute approximate surface area is 108 Å². The summed E-state index contributed by atoms with van der Waals surface area (Å²) >= 11 is 0. The van der Waals surface area contributed by atoms with Crippen molar-refractivity contribution in [2.45, 2.75) is 25.9 Å². The van der Waals surface area contributed by atoms with Gasteiger partial charge in [-0.25, -0.2) is 0 Å². The summed E-state index contributed by atoms with van der Waals surface area (Å²) in [5, 5.41) is 12.7. The first-order valence-corrected chi connectivity index (χ1v) is 6.21. The van der Waals surface area contributed by atoms with Gasteiger partial charge in [-0.3, -0.25) is 4.79 Å². The van der Waals surface area contributed by atoms with Crippen LogP contribution >= 0.6 is 0 Å². The number of anilines is 1. The maximum Gasteiger partial charge on any atom is 0.162 e. The minimum atomic E-state index is -0.441. The van der Waals surface area contributed by atoms with Crippen molar-refractivity contribution in [3.8, 4) is 0 Å². The monoisotopic (exact) mass is 251 g/mol. The lowest BCUT2D eigenvalue weighted by Gasteiger charge is -2.11. The summed E-state index contributed by atoms with van der Waals surface area (Å²) in [7, 11) is 1.57. The molecule has 0 aromatic heterocycles. The first kappa shape index (κ1) is 14.7. The maximum atomic E-state index is 11.4. The quantitative estimate of drug-likeness (QED) is 0.695. The third-order valence-electron chi connectivity index (χ3n) is 2.69. The molecule has 0 radical (unpaired) electrons. The van der Waals surface area contributed by atoms with Crippen molar-refractivity contribution in [3.63, 3.8) is 0 Å². The normalized spacial score (nSPS) is 12.2. The summed E-state index contributed by atoms with van der Waals surface area (Å²) in [5.74, 6) is 0.150. The van der Waals surface area contributed by atoms with Crippen LogP contribution in [0.3, 0.4) is 0 Å². The number of aliphatic hydroxyl groups excluding tert-OH is 1. The van der Waals surface area contributed by atoms with Crippen LogP contribution in [0.25, 0.3) is 0 Å². The van der Waals surface area contributed by atoms with Crippen LogP contribution in [0.1, 0.15) is 30.1 Å². The highest BCUT2D eigenvalue weighted by atomic mass is 16.5. The molecule has 2 N–H and O–H groups in total. The van der Waals surface area contributed by atoms with Gasteiger partial charge >= 0.3 is 0 Å². The van der Waals surface area contributed by atoms with Crippen molar-refractivity contribution in [2.24, 2.45) is 0 Å². The van der Waals surface area contributed by atoms with Crippen molar-refractivity contribution in [1.29, 1.82) is 0 Å². The molecule has 0 spiro atoms. The van der Waals surface area contributed by atoms with E-state index in [0.717, 1.165) is 11.3 Å². The van der Waals surface area contributed by atoms with E-state index < -0.39 is 6.10 Å². The highest BCUT2D eigenvalue weighted by molar-refractivity contribution is 5.96. The number of aliphatic hydroxyl groups is 1. The molecule has 100 valence electrons. The minimum Gasteiger partial charge on any atom is -0.391 e. The second-order valence-electron chi connectivity index (χ2n) is 4.18. The van der Waals surface area contributed by atoms with Crippen LogP contribution in [-0.4, -0.2) is 37.3 Å². The van der Waals surface area contributed by atoms with Crippen molar-refractivity contribution >= 4 is 11.5 Å². The molecule has 0 amide bonds. The molecule has 0 saturated heterocycles. The number of carbonyl (C=O) groups excluding carboxylic acids is 1. The summed E-state index contributed by atoms with van der Waals surface area (Å²) in [5.41, 5.74) is 1.69. The van der Waals surface area contributed by atoms with E-state index in [2.05, 4.69) is 5.32 Å². The first-order valence-electron chi connectivity index (χ1n) is 6.21. The third-order valence-corrected chi connectivity index (χ3v) is 2.69. The molecule has 1 atom stereocenters. The number of ketones is 1. The fourth-order valence-corrected chi connectivity index (χ4v) is 1.64. The fraction of sp³-hybridized carbons (Fsp3) is 0.500. The zero-order valence-corrected chi connectivity index (χ0v) is 11.0. The van der Waals surface area contributed by atoms with Crippen LogP contribution in [0.4, 0.5) is 5.69 Å². The standard InChI is InChI=1S/C14H21NO3/c1-3-14(17)11-4-6-12(7-5-11)15-9-8-13(16)10-18-2/h4-7,13,15-16H,3,8-10H2,1-2H3. The van der Waals surface area contributed by atoms with Crippen LogP contribution in [-0.2, 0) is 4.74 Å². The summed E-state index contributed by atoms with van der Waals surface area (Å²) in [6.45, 7) is 2.88. The minimum absolute atomic E-state index is 0.150. The Kier molecular flexibility index (Phi) is 6.39. The SMILES string of the molecule is CCC(=O)c1ccc(NCCC(O)COC)cc1. The van der Waals surface area contributed by atoms with E-state index in [0.29, 0.717) is 26.0 Å². The smallest absolute Gasteiger partial charge is 0.162 e. The molecule has 4 nitrogen and oxygen atoms in total. The number of nitrogens with one attached hydrogen (secondary N) is 1. The van der Waals surface area contributed by atoms with Gasteiger partial charge in [0.15, 0.2) is 5.78 Å². The van der Waals surface area contributed by atoms with E-state index in [9.17, 15) is 9.90 Å². The van der Waals surface area contributed by atoms with Gasteiger partial charge in [-0.2, -0.15) is 0 Å². The van der Waals surface area contributed by atoms with Crippen LogP contribution in [0.15, 0.2) is 24.3 Å². The lowest BCUT2D eigenvalue weighted by Crippen LogP contribution is -2.18. The predicted octanol–water partition coefficient (Wildman–Crippen LogP) is 2.09. The van der Waals surface area contributed by atoms with E-state index >= 15 is 0 Å². The number of benzene rings is 1. The summed E-state index contributed by atoms with van der Waals surface area (Å²) in [6.07, 6.45) is 0.711. The molecule has 0 heterocycles. The topological polar surface area (TPSA) is 58.6 Å². The lowest BCUT2D eigenvalue weighted by molar-refractivity contribution is 0.0615. The van der Waals surface area contributed by atoms with Gasteiger partial charge in [0, 0.05) is 31.3 Å². The second kappa shape index (κ2) is 7.84. The van der Waals surface area contributed by atoms with E-state index in [-0.39, 0.29) is 5.78 Å². The average Bonchev–Trinajstić information content (AvgIpc) is 2.39. The molecule has 0 aliphatic heterocycles. The Morgan fingerprint density at radius 2 is 2.06 bits per heavy atom. The number of ether oxygens (including phenoxy) is 1. The van der Waals surface area contributed by atoms with Gasteiger partial charge in [0.2, 0.25) is 0 Å². The highest BCUT2D eigenvalue weighted by Gasteiger charge is 2.04. The molecule has 4 heteroatoms. The summed E-state index contributed by atoms with van der Waals surface area (Å²) < 4.78 is 4.85. The van der Waals surface area contributed by atoms with E-state index in [1.54, 1.807) is 7.11 Å². The molecule has 0 aliphatic rings. The Hall–Kier alpha value is -1.39. The zero-order chi connectivity index (χ0) is 13.4. The predicted molar refractivity (Wildman–Crippen MR) is 72.1 cm³/mol. The van der Waals surface area contributed by atoms with Crippen molar-refractivity contribution < 1.29 is 14.6 Å². The second-order valence-corrected chi connectivity index (χ2v) is 4.18. The van der Waals surface area contributed by atoms with Gasteiger partial charge < -0.3 is 15.2 Å². The zero-order valence-electron chi connectivity index (χ0n) is 11.0. The average molecular weight is 251 g/mol. The molecule has 0 saturated carbocycles. The van der Waals surface area contributed by atoms with Gasteiger partial charge in [0.05, 0.1) is 12.7 Å². The molecule has 1 rings (SSSR count).